The Labute approximate surface area is 102 Å². The molecule has 0 saturated heterocycles. The summed E-state index contributed by atoms with van der Waals surface area (Å²) in [5.41, 5.74) is 0.268. The fourth-order valence-corrected chi connectivity index (χ4v) is 2.62. The van der Waals surface area contributed by atoms with Gasteiger partial charge in [0.15, 0.2) is 0 Å². The van der Waals surface area contributed by atoms with Gasteiger partial charge < -0.3 is 4.74 Å². The summed E-state index contributed by atoms with van der Waals surface area (Å²) < 4.78 is 6.27. The van der Waals surface area contributed by atoms with Crippen LogP contribution in [0.5, 0.6) is 0 Å². The molecule has 0 aliphatic carbocycles. The SMILES string of the molecule is COC(C)Cn1c(=O)[nH]c2scc(C)c2c1=O. The summed E-state index contributed by atoms with van der Waals surface area (Å²) in [5, 5.41) is 2.46. The van der Waals surface area contributed by atoms with E-state index in [-0.39, 0.29) is 23.9 Å². The van der Waals surface area contributed by atoms with E-state index in [1.54, 1.807) is 7.11 Å². The van der Waals surface area contributed by atoms with Crippen LogP contribution in [-0.4, -0.2) is 22.8 Å². The van der Waals surface area contributed by atoms with E-state index >= 15 is 0 Å². The van der Waals surface area contributed by atoms with E-state index in [0.29, 0.717) is 10.2 Å². The Morgan fingerprint density at radius 1 is 1.53 bits per heavy atom. The van der Waals surface area contributed by atoms with Crippen LogP contribution in [0.4, 0.5) is 0 Å². The molecule has 92 valence electrons. The number of rotatable bonds is 3. The molecule has 2 aromatic heterocycles. The molecule has 0 amide bonds. The molecule has 1 N–H and O–H groups in total. The molecule has 1 atom stereocenters. The molecule has 0 aromatic carbocycles. The van der Waals surface area contributed by atoms with E-state index in [1.807, 2.05) is 19.2 Å². The summed E-state index contributed by atoms with van der Waals surface area (Å²) in [4.78, 5) is 27.3. The number of hydrogen-bond donors (Lipinski definition) is 1. The van der Waals surface area contributed by atoms with Gasteiger partial charge in [-0.2, -0.15) is 0 Å². The number of nitrogens with zero attached hydrogens (tertiary/aromatic N) is 1. The average molecular weight is 254 g/mol. The first-order valence-electron chi connectivity index (χ1n) is 5.28. The van der Waals surface area contributed by atoms with Crippen molar-refractivity contribution in [3.63, 3.8) is 0 Å². The number of nitrogens with one attached hydrogen (secondary N) is 1. The van der Waals surface area contributed by atoms with Crippen LogP contribution in [0, 0.1) is 6.92 Å². The lowest BCUT2D eigenvalue weighted by Gasteiger charge is -2.10. The molecule has 2 rings (SSSR count). The molecular weight excluding hydrogens is 240 g/mol. The average Bonchev–Trinajstić information content (AvgIpc) is 2.65. The van der Waals surface area contributed by atoms with E-state index in [4.69, 9.17) is 4.74 Å². The minimum absolute atomic E-state index is 0.176. The number of aryl methyl sites for hydroxylation is 1. The smallest absolute Gasteiger partial charge is 0.329 e. The van der Waals surface area contributed by atoms with E-state index in [9.17, 15) is 9.59 Å². The summed E-state index contributed by atoms with van der Waals surface area (Å²) in [7, 11) is 1.55. The first kappa shape index (κ1) is 12.1. The van der Waals surface area contributed by atoms with Gasteiger partial charge in [-0.05, 0) is 24.8 Å². The molecule has 6 heteroatoms. The molecule has 0 spiro atoms. The van der Waals surface area contributed by atoms with E-state index in [2.05, 4.69) is 4.98 Å². The quantitative estimate of drug-likeness (QED) is 0.892. The second-order valence-electron chi connectivity index (χ2n) is 4.02. The number of H-pyrrole nitrogens is 1. The molecule has 2 aromatic rings. The topological polar surface area (TPSA) is 64.1 Å². The fraction of sp³-hybridized carbons (Fsp3) is 0.455. The van der Waals surface area contributed by atoms with Gasteiger partial charge in [0, 0.05) is 7.11 Å². The number of fused-ring (bicyclic) bond motifs is 1. The van der Waals surface area contributed by atoms with Crippen LogP contribution in [0.3, 0.4) is 0 Å². The molecule has 0 aliphatic rings. The molecule has 0 saturated carbocycles. The van der Waals surface area contributed by atoms with Crippen molar-refractivity contribution in [2.24, 2.45) is 0 Å². The van der Waals surface area contributed by atoms with Crippen LogP contribution < -0.4 is 11.2 Å². The predicted molar refractivity (Wildman–Crippen MR) is 67.9 cm³/mol. The summed E-state index contributed by atoms with van der Waals surface area (Å²) in [6.07, 6.45) is -0.176. The maximum Gasteiger partial charge on any atom is 0.329 e. The lowest BCUT2D eigenvalue weighted by Crippen LogP contribution is -2.38. The zero-order valence-electron chi connectivity index (χ0n) is 9.94. The van der Waals surface area contributed by atoms with Crippen molar-refractivity contribution in [1.82, 2.24) is 9.55 Å². The minimum Gasteiger partial charge on any atom is -0.380 e. The Bertz CT molecular complexity index is 653. The fourth-order valence-electron chi connectivity index (χ4n) is 1.69. The van der Waals surface area contributed by atoms with Crippen LogP contribution in [0.2, 0.25) is 0 Å². The minimum atomic E-state index is -0.381. The Kier molecular flexibility index (Phi) is 3.17. The third-order valence-corrected chi connectivity index (χ3v) is 3.75. The number of aromatic nitrogens is 2. The van der Waals surface area contributed by atoms with Gasteiger partial charge in [0.05, 0.1) is 18.0 Å². The van der Waals surface area contributed by atoms with Crippen molar-refractivity contribution in [1.29, 1.82) is 0 Å². The van der Waals surface area contributed by atoms with Gasteiger partial charge in [-0.15, -0.1) is 11.3 Å². The van der Waals surface area contributed by atoms with Gasteiger partial charge in [-0.25, -0.2) is 4.79 Å². The summed E-state index contributed by atoms with van der Waals surface area (Å²) in [6.45, 7) is 3.94. The Morgan fingerprint density at radius 2 is 2.24 bits per heavy atom. The van der Waals surface area contributed by atoms with Gasteiger partial charge in [-0.3, -0.25) is 14.3 Å². The third kappa shape index (κ3) is 2.05. The normalized spacial score (nSPS) is 13.1. The van der Waals surface area contributed by atoms with Gasteiger partial charge in [-0.1, -0.05) is 0 Å². The van der Waals surface area contributed by atoms with Gasteiger partial charge in [0.1, 0.15) is 4.83 Å². The molecule has 1 unspecified atom stereocenters. The van der Waals surface area contributed by atoms with Crippen molar-refractivity contribution in [2.45, 2.75) is 26.5 Å². The lowest BCUT2D eigenvalue weighted by molar-refractivity contribution is 0.101. The molecular formula is C11H14N2O3S. The van der Waals surface area contributed by atoms with Gasteiger partial charge in [0.25, 0.3) is 5.56 Å². The van der Waals surface area contributed by atoms with Crippen molar-refractivity contribution < 1.29 is 4.74 Å². The van der Waals surface area contributed by atoms with Crippen molar-refractivity contribution in [3.8, 4) is 0 Å². The summed E-state index contributed by atoms with van der Waals surface area (Å²) in [5.74, 6) is 0. The number of thiophene rings is 1. The van der Waals surface area contributed by atoms with Gasteiger partial charge in [0.2, 0.25) is 0 Å². The molecule has 0 fully saturated rings. The van der Waals surface area contributed by atoms with Crippen LogP contribution in [0.25, 0.3) is 10.2 Å². The van der Waals surface area contributed by atoms with Crippen LogP contribution in [0.15, 0.2) is 15.0 Å². The van der Waals surface area contributed by atoms with E-state index in [1.165, 1.54) is 15.9 Å². The van der Waals surface area contributed by atoms with Crippen LogP contribution in [-0.2, 0) is 11.3 Å². The number of aromatic amines is 1. The molecule has 2 heterocycles. The standard InChI is InChI=1S/C11H14N2O3S/c1-6-5-17-9-8(6)10(14)13(11(15)12-9)4-7(2)16-3/h5,7H,4H2,1-3H3,(H,12,15). The zero-order chi connectivity index (χ0) is 12.6. The third-order valence-electron chi connectivity index (χ3n) is 2.74. The zero-order valence-corrected chi connectivity index (χ0v) is 10.8. The first-order chi connectivity index (χ1) is 8.04. The highest BCUT2D eigenvalue weighted by Crippen LogP contribution is 2.18. The number of ether oxygens (including phenoxy) is 1. The van der Waals surface area contributed by atoms with Crippen molar-refractivity contribution in [2.75, 3.05) is 7.11 Å². The van der Waals surface area contributed by atoms with E-state index in [0.717, 1.165) is 5.56 Å². The second kappa shape index (κ2) is 4.46. The Balaban J connectivity index is 2.67. The molecule has 17 heavy (non-hydrogen) atoms. The Hall–Kier alpha value is -1.40. The Morgan fingerprint density at radius 3 is 2.88 bits per heavy atom. The summed E-state index contributed by atoms with van der Waals surface area (Å²) >= 11 is 1.38. The number of methoxy groups -OCH3 is 1. The highest BCUT2D eigenvalue weighted by atomic mass is 32.1. The molecule has 5 nitrogen and oxygen atoms in total. The summed E-state index contributed by atoms with van der Waals surface area (Å²) in [6, 6.07) is 0. The van der Waals surface area contributed by atoms with Crippen molar-refractivity contribution in [3.05, 3.63) is 31.8 Å². The highest BCUT2D eigenvalue weighted by molar-refractivity contribution is 7.16. The van der Waals surface area contributed by atoms with E-state index < -0.39 is 0 Å². The highest BCUT2D eigenvalue weighted by Gasteiger charge is 2.13. The monoisotopic (exact) mass is 254 g/mol. The van der Waals surface area contributed by atoms with Crippen molar-refractivity contribution >= 4 is 21.6 Å². The van der Waals surface area contributed by atoms with Gasteiger partial charge >= 0.3 is 5.69 Å². The molecule has 0 aliphatic heterocycles. The van der Waals surface area contributed by atoms with Crippen LogP contribution in [0.1, 0.15) is 12.5 Å². The largest absolute Gasteiger partial charge is 0.380 e. The van der Waals surface area contributed by atoms with Crippen LogP contribution >= 0.6 is 11.3 Å². The lowest BCUT2D eigenvalue weighted by atomic mass is 10.2. The second-order valence-corrected chi connectivity index (χ2v) is 4.89. The molecule has 0 radical (unpaired) electrons. The first-order valence-corrected chi connectivity index (χ1v) is 6.16. The number of hydrogen-bond acceptors (Lipinski definition) is 4. The maximum atomic E-state index is 12.2. The predicted octanol–water partition coefficient (Wildman–Crippen LogP) is 1.09. The maximum absolute atomic E-state index is 12.2. The molecule has 0 bridgehead atoms.